The Bertz CT molecular complexity index is 669. The summed E-state index contributed by atoms with van der Waals surface area (Å²) >= 11 is 0. The van der Waals surface area contributed by atoms with Crippen LogP contribution in [0, 0.1) is 5.92 Å². The van der Waals surface area contributed by atoms with E-state index in [1.54, 1.807) is 6.20 Å². The fraction of sp³-hybridized carbons (Fsp3) is 0.400. The van der Waals surface area contributed by atoms with Crippen LogP contribution in [-0.4, -0.2) is 35.4 Å². The van der Waals surface area contributed by atoms with Gasteiger partial charge in [0, 0.05) is 37.8 Å². The van der Waals surface area contributed by atoms with Crippen molar-refractivity contribution in [3.63, 3.8) is 0 Å². The van der Waals surface area contributed by atoms with Crippen LogP contribution in [0.1, 0.15) is 36.3 Å². The Hall–Kier alpha value is -1.62. The Morgan fingerprint density at radius 1 is 1.19 bits per heavy atom. The first-order valence-electron chi connectivity index (χ1n) is 8.61. The van der Waals surface area contributed by atoms with E-state index in [-0.39, 0.29) is 36.6 Å². The van der Waals surface area contributed by atoms with Gasteiger partial charge in [-0.2, -0.15) is 0 Å². The van der Waals surface area contributed by atoms with Gasteiger partial charge in [-0.25, -0.2) is 0 Å². The predicted octanol–water partition coefficient (Wildman–Crippen LogP) is 3.62. The van der Waals surface area contributed by atoms with Crippen LogP contribution in [-0.2, 0) is 4.79 Å². The minimum Gasteiger partial charge on any atom is -0.342 e. The third-order valence-corrected chi connectivity index (χ3v) is 5.06. The number of hydrogen-bond donors (Lipinski definition) is 1. The van der Waals surface area contributed by atoms with E-state index in [2.05, 4.69) is 36.2 Å². The lowest BCUT2D eigenvalue weighted by Gasteiger charge is -2.19. The second-order valence-electron chi connectivity index (χ2n) is 6.70. The topological polar surface area (TPSA) is 59.2 Å². The van der Waals surface area contributed by atoms with Crippen molar-refractivity contribution in [1.82, 2.24) is 9.88 Å². The monoisotopic (exact) mass is 395 g/mol. The fourth-order valence-corrected chi connectivity index (χ4v) is 3.57. The highest BCUT2D eigenvalue weighted by Crippen LogP contribution is 2.33. The predicted molar refractivity (Wildman–Crippen MR) is 110 cm³/mol. The summed E-state index contributed by atoms with van der Waals surface area (Å²) in [6.45, 7) is 4.22. The summed E-state index contributed by atoms with van der Waals surface area (Å²) in [5.74, 6) is 1.07. The molecule has 1 aliphatic rings. The van der Waals surface area contributed by atoms with Gasteiger partial charge in [0.15, 0.2) is 0 Å². The van der Waals surface area contributed by atoms with Crippen molar-refractivity contribution in [2.75, 3.05) is 19.6 Å². The number of amides is 1. The molecule has 3 atom stereocenters. The van der Waals surface area contributed by atoms with Gasteiger partial charge in [-0.1, -0.05) is 43.3 Å². The maximum atomic E-state index is 12.7. The summed E-state index contributed by atoms with van der Waals surface area (Å²) in [5, 5.41) is 0. The minimum absolute atomic E-state index is 0. The molecule has 2 aromatic rings. The first-order chi connectivity index (χ1) is 11.7. The van der Waals surface area contributed by atoms with Gasteiger partial charge in [0.2, 0.25) is 5.91 Å². The summed E-state index contributed by atoms with van der Waals surface area (Å²) in [7, 11) is 0. The van der Waals surface area contributed by atoms with Crippen molar-refractivity contribution in [3.05, 3.63) is 66.0 Å². The van der Waals surface area contributed by atoms with Gasteiger partial charge in [-0.05, 0) is 35.6 Å². The Balaban J connectivity index is 0.00000169. The van der Waals surface area contributed by atoms with E-state index in [9.17, 15) is 4.79 Å². The van der Waals surface area contributed by atoms with E-state index in [1.165, 1.54) is 5.56 Å². The van der Waals surface area contributed by atoms with Crippen LogP contribution in [0.5, 0.6) is 0 Å². The maximum absolute atomic E-state index is 12.7. The molecule has 0 aliphatic carbocycles. The zero-order valence-electron chi connectivity index (χ0n) is 15.0. The SMILES string of the molecule is CC(CC(=O)N1C[C@@H](CN)[C@H](c2ccccc2)C1)c1cccnc1.Cl.Cl. The molecule has 26 heavy (non-hydrogen) atoms. The van der Waals surface area contributed by atoms with Crippen LogP contribution in [0.25, 0.3) is 0 Å². The number of nitrogens with two attached hydrogens (primary N) is 1. The Morgan fingerprint density at radius 3 is 2.54 bits per heavy atom. The average Bonchev–Trinajstić information content (AvgIpc) is 3.08. The lowest BCUT2D eigenvalue weighted by atomic mass is 9.89. The molecule has 1 aromatic carbocycles. The largest absolute Gasteiger partial charge is 0.342 e. The van der Waals surface area contributed by atoms with Crippen molar-refractivity contribution >= 4 is 30.7 Å². The number of carbonyl (C=O) groups excluding carboxylic acids is 1. The molecule has 1 aromatic heterocycles. The molecule has 2 N–H and O–H groups in total. The summed E-state index contributed by atoms with van der Waals surface area (Å²) in [4.78, 5) is 18.9. The molecule has 0 bridgehead atoms. The summed E-state index contributed by atoms with van der Waals surface area (Å²) in [6.07, 6.45) is 4.12. The molecule has 2 heterocycles. The summed E-state index contributed by atoms with van der Waals surface area (Å²) in [5.41, 5.74) is 8.36. The Labute approximate surface area is 168 Å². The minimum atomic E-state index is 0. The van der Waals surface area contributed by atoms with Crippen LogP contribution in [0.4, 0.5) is 0 Å². The maximum Gasteiger partial charge on any atom is 0.223 e. The average molecular weight is 396 g/mol. The second-order valence-corrected chi connectivity index (χ2v) is 6.70. The number of halogens is 2. The fourth-order valence-electron chi connectivity index (χ4n) is 3.57. The number of nitrogens with zero attached hydrogens (tertiary/aromatic N) is 2. The number of rotatable bonds is 5. The first kappa shape index (κ1) is 22.4. The molecule has 1 amide bonds. The van der Waals surface area contributed by atoms with Gasteiger partial charge in [0.05, 0.1) is 0 Å². The van der Waals surface area contributed by atoms with Gasteiger partial charge in [-0.15, -0.1) is 24.8 Å². The van der Waals surface area contributed by atoms with Crippen LogP contribution in [0.15, 0.2) is 54.9 Å². The zero-order valence-corrected chi connectivity index (χ0v) is 16.6. The van der Waals surface area contributed by atoms with Crippen LogP contribution >= 0.6 is 24.8 Å². The normalized spacial score (nSPS) is 20.0. The first-order valence-corrected chi connectivity index (χ1v) is 8.61. The number of pyridine rings is 1. The molecule has 1 saturated heterocycles. The van der Waals surface area contributed by atoms with Crippen LogP contribution in [0.3, 0.4) is 0 Å². The van der Waals surface area contributed by atoms with Crippen molar-refractivity contribution in [2.45, 2.75) is 25.2 Å². The highest BCUT2D eigenvalue weighted by molar-refractivity contribution is 5.85. The lowest BCUT2D eigenvalue weighted by molar-refractivity contribution is -0.130. The van der Waals surface area contributed by atoms with Crippen molar-refractivity contribution in [1.29, 1.82) is 0 Å². The third kappa shape index (κ3) is 5.19. The number of aromatic nitrogens is 1. The molecule has 1 unspecified atom stereocenters. The van der Waals surface area contributed by atoms with Gasteiger partial charge in [0.25, 0.3) is 0 Å². The Morgan fingerprint density at radius 2 is 1.92 bits per heavy atom. The molecule has 1 aliphatic heterocycles. The molecule has 4 nitrogen and oxygen atoms in total. The number of hydrogen-bond acceptors (Lipinski definition) is 3. The third-order valence-electron chi connectivity index (χ3n) is 5.06. The van der Waals surface area contributed by atoms with Crippen molar-refractivity contribution in [2.24, 2.45) is 11.7 Å². The van der Waals surface area contributed by atoms with Crippen LogP contribution in [0.2, 0.25) is 0 Å². The van der Waals surface area contributed by atoms with Gasteiger partial charge in [0.1, 0.15) is 0 Å². The van der Waals surface area contributed by atoms with E-state index in [1.807, 2.05) is 29.3 Å². The molecule has 0 saturated carbocycles. The molecule has 0 radical (unpaired) electrons. The molecule has 142 valence electrons. The number of carbonyl (C=O) groups is 1. The van der Waals surface area contributed by atoms with Gasteiger partial charge >= 0.3 is 0 Å². The molecular formula is C20H27Cl2N3O. The Kier molecular flexibility index (Phi) is 9.06. The molecule has 0 spiro atoms. The van der Waals surface area contributed by atoms with Gasteiger partial charge < -0.3 is 10.6 Å². The molecule has 1 fully saturated rings. The van der Waals surface area contributed by atoms with Crippen molar-refractivity contribution < 1.29 is 4.79 Å². The van der Waals surface area contributed by atoms with E-state index in [0.29, 0.717) is 24.8 Å². The van der Waals surface area contributed by atoms with E-state index < -0.39 is 0 Å². The van der Waals surface area contributed by atoms with Crippen molar-refractivity contribution in [3.8, 4) is 0 Å². The van der Waals surface area contributed by atoms with E-state index in [4.69, 9.17) is 5.73 Å². The second kappa shape index (κ2) is 10.5. The lowest BCUT2D eigenvalue weighted by Crippen LogP contribution is -2.30. The molecule has 3 rings (SSSR count). The van der Waals surface area contributed by atoms with Gasteiger partial charge in [-0.3, -0.25) is 9.78 Å². The standard InChI is InChI=1S/C20H25N3O.2ClH/c1-15(17-8-5-9-22-12-17)10-20(24)23-13-18(11-21)19(14-23)16-6-3-2-4-7-16;;/h2-9,12,15,18-19H,10-11,13-14,21H2,1H3;2*1H/t15?,18-,19+;;/m1../s1. The van der Waals surface area contributed by atoms with E-state index in [0.717, 1.165) is 18.7 Å². The highest BCUT2D eigenvalue weighted by atomic mass is 35.5. The van der Waals surface area contributed by atoms with Crippen LogP contribution < -0.4 is 5.73 Å². The highest BCUT2D eigenvalue weighted by Gasteiger charge is 2.35. The number of benzene rings is 1. The molecule has 6 heteroatoms. The van der Waals surface area contributed by atoms with E-state index >= 15 is 0 Å². The smallest absolute Gasteiger partial charge is 0.223 e. The summed E-state index contributed by atoms with van der Waals surface area (Å²) in [6, 6.07) is 14.4. The molecular weight excluding hydrogens is 369 g/mol. The summed E-state index contributed by atoms with van der Waals surface area (Å²) < 4.78 is 0. The quantitative estimate of drug-likeness (QED) is 0.840. The zero-order chi connectivity index (χ0) is 16.9. The number of likely N-dealkylation sites (tertiary alicyclic amines) is 1.